The molecule has 6 heteroatoms. The predicted octanol–water partition coefficient (Wildman–Crippen LogP) is 1.95. The van der Waals surface area contributed by atoms with Crippen LogP contribution >= 0.6 is 0 Å². The number of aromatic nitrogens is 2. The lowest BCUT2D eigenvalue weighted by Crippen LogP contribution is -2.16. The molecule has 0 aliphatic heterocycles. The molecule has 2 aromatic rings. The number of hydrogen-bond acceptors (Lipinski definition) is 5. The molecule has 0 aliphatic rings. The number of anilines is 1. The summed E-state index contributed by atoms with van der Waals surface area (Å²) < 4.78 is 18.3. The summed E-state index contributed by atoms with van der Waals surface area (Å²) in [7, 11) is 1.86. The third-order valence-corrected chi connectivity index (χ3v) is 2.64. The third-order valence-electron chi connectivity index (χ3n) is 2.64. The Balaban J connectivity index is 1.97. The van der Waals surface area contributed by atoms with Gasteiger partial charge in [0.2, 0.25) is 5.89 Å². The first kappa shape index (κ1) is 13.5. The molecule has 19 heavy (non-hydrogen) atoms. The fourth-order valence-electron chi connectivity index (χ4n) is 1.63. The van der Waals surface area contributed by atoms with Crippen LogP contribution in [0.1, 0.15) is 18.4 Å². The van der Waals surface area contributed by atoms with Crippen LogP contribution < -0.4 is 10.2 Å². The van der Waals surface area contributed by atoms with Crippen LogP contribution in [0.15, 0.2) is 28.7 Å². The van der Waals surface area contributed by atoms with E-state index in [1.54, 1.807) is 12.1 Å². The largest absolute Gasteiger partial charge is 0.407 e. The van der Waals surface area contributed by atoms with E-state index >= 15 is 0 Å². The van der Waals surface area contributed by atoms with Crippen LogP contribution in [-0.4, -0.2) is 23.8 Å². The van der Waals surface area contributed by atoms with Crippen molar-refractivity contribution in [3.05, 3.63) is 41.5 Å². The number of nitrogens with zero attached hydrogens (tertiary/aromatic N) is 3. The average molecular weight is 264 g/mol. The zero-order chi connectivity index (χ0) is 13.7. The van der Waals surface area contributed by atoms with Crippen molar-refractivity contribution < 1.29 is 8.81 Å². The minimum Gasteiger partial charge on any atom is -0.407 e. The van der Waals surface area contributed by atoms with Crippen LogP contribution in [0, 0.1) is 5.82 Å². The van der Waals surface area contributed by atoms with Crippen LogP contribution in [0.4, 0.5) is 10.4 Å². The van der Waals surface area contributed by atoms with Crippen molar-refractivity contribution in [3.63, 3.8) is 0 Å². The average Bonchev–Trinajstić information content (AvgIpc) is 2.88. The molecule has 0 unspecified atom stereocenters. The van der Waals surface area contributed by atoms with E-state index in [0.29, 0.717) is 25.0 Å². The van der Waals surface area contributed by atoms with Gasteiger partial charge in [-0.05, 0) is 24.2 Å². The first-order valence-electron chi connectivity index (χ1n) is 6.17. The second-order valence-corrected chi connectivity index (χ2v) is 4.24. The molecule has 1 N–H and O–H groups in total. The van der Waals surface area contributed by atoms with E-state index in [-0.39, 0.29) is 5.82 Å². The molecule has 1 aromatic carbocycles. The van der Waals surface area contributed by atoms with Crippen molar-refractivity contribution in [1.82, 2.24) is 15.5 Å². The summed E-state index contributed by atoms with van der Waals surface area (Å²) in [4.78, 5) is 1.83. The van der Waals surface area contributed by atoms with Gasteiger partial charge in [0.15, 0.2) is 0 Å². The quantitative estimate of drug-likeness (QED) is 0.864. The molecule has 1 aromatic heterocycles. The Morgan fingerprint density at radius 1 is 1.26 bits per heavy atom. The standard InChI is InChI=1S/C13H17FN4O/c1-3-15-8-12-16-17-13(19-12)18(2)9-10-4-6-11(14)7-5-10/h4-7,15H,3,8-9H2,1-2H3. The van der Waals surface area contributed by atoms with Crippen molar-refractivity contribution in [3.8, 4) is 0 Å². The van der Waals surface area contributed by atoms with Crippen molar-refractivity contribution in [2.45, 2.75) is 20.0 Å². The lowest BCUT2D eigenvalue weighted by Gasteiger charge is -2.13. The number of benzene rings is 1. The normalized spacial score (nSPS) is 10.7. The molecule has 0 aliphatic carbocycles. The Morgan fingerprint density at radius 3 is 2.68 bits per heavy atom. The molecule has 1 heterocycles. The van der Waals surface area contributed by atoms with Crippen LogP contribution in [0.5, 0.6) is 0 Å². The maximum absolute atomic E-state index is 12.8. The van der Waals surface area contributed by atoms with Gasteiger partial charge in [-0.1, -0.05) is 24.2 Å². The number of rotatable bonds is 6. The molecule has 0 radical (unpaired) electrons. The fraction of sp³-hybridized carbons (Fsp3) is 0.385. The first-order valence-corrected chi connectivity index (χ1v) is 6.17. The van der Waals surface area contributed by atoms with Gasteiger partial charge < -0.3 is 14.6 Å². The van der Waals surface area contributed by atoms with Gasteiger partial charge in [0.25, 0.3) is 0 Å². The van der Waals surface area contributed by atoms with Crippen LogP contribution in [0.25, 0.3) is 0 Å². The molecule has 2 rings (SSSR count). The Morgan fingerprint density at radius 2 is 2.00 bits per heavy atom. The van der Waals surface area contributed by atoms with Gasteiger partial charge in [-0.25, -0.2) is 4.39 Å². The molecule has 102 valence electrons. The van der Waals surface area contributed by atoms with Gasteiger partial charge in [-0.2, -0.15) is 0 Å². The molecule has 0 saturated heterocycles. The van der Waals surface area contributed by atoms with Crippen LogP contribution in [0.3, 0.4) is 0 Å². The molecule has 0 bridgehead atoms. The lowest BCUT2D eigenvalue weighted by molar-refractivity contribution is 0.469. The highest BCUT2D eigenvalue weighted by molar-refractivity contribution is 5.27. The second kappa shape index (κ2) is 6.29. The lowest BCUT2D eigenvalue weighted by atomic mass is 10.2. The van der Waals surface area contributed by atoms with E-state index in [1.165, 1.54) is 12.1 Å². The molecule has 5 nitrogen and oxygen atoms in total. The van der Waals surface area contributed by atoms with Gasteiger partial charge in [-0.15, -0.1) is 5.10 Å². The maximum atomic E-state index is 12.8. The zero-order valence-corrected chi connectivity index (χ0v) is 11.1. The van der Waals surface area contributed by atoms with Gasteiger partial charge >= 0.3 is 6.01 Å². The predicted molar refractivity (Wildman–Crippen MR) is 70.2 cm³/mol. The number of hydrogen-bond donors (Lipinski definition) is 1. The monoisotopic (exact) mass is 264 g/mol. The number of nitrogens with one attached hydrogen (secondary N) is 1. The Kier molecular flexibility index (Phi) is 4.46. The highest BCUT2D eigenvalue weighted by Gasteiger charge is 2.10. The smallest absolute Gasteiger partial charge is 0.318 e. The van der Waals surface area contributed by atoms with Crippen LogP contribution in [0.2, 0.25) is 0 Å². The summed E-state index contributed by atoms with van der Waals surface area (Å²) in [5.74, 6) is 0.319. The van der Waals surface area contributed by atoms with E-state index in [2.05, 4.69) is 15.5 Å². The molecule has 0 spiro atoms. The minimum absolute atomic E-state index is 0.239. The minimum atomic E-state index is -0.239. The van der Waals surface area contributed by atoms with Gasteiger partial charge in [0, 0.05) is 13.6 Å². The highest BCUT2D eigenvalue weighted by Crippen LogP contribution is 2.14. The Hall–Kier alpha value is -1.95. The highest BCUT2D eigenvalue weighted by atomic mass is 19.1. The first-order chi connectivity index (χ1) is 9.19. The topological polar surface area (TPSA) is 54.2 Å². The Labute approximate surface area is 111 Å². The van der Waals surface area contributed by atoms with E-state index in [0.717, 1.165) is 12.1 Å². The molecule has 0 saturated carbocycles. The summed E-state index contributed by atoms with van der Waals surface area (Å²) in [6, 6.07) is 6.81. The summed E-state index contributed by atoms with van der Waals surface area (Å²) in [6.45, 7) is 4.01. The van der Waals surface area contributed by atoms with Crippen molar-refractivity contribution >= 4 is 6.01 Å². The molecular weight excluding hydrogens is 247 g/mol. The van der Waals surface area contributed by atoms with Gasteiger partial charge in [0.1, 0.15) is 5.82 Å². The Bertz CT molecular complexity index is 512. The number of halogens is 1. The van der Waals surface area contributed by atoms with Crippen molar-refractivity contribution in [1.29, 1.82) is 0 Å². The van der Waals surface area contributed by atoms with Crippen molar-refractivity contribution in [2.24, 2.45) is 0 Å². The maximum Gasteiger partial charge on any atom is 0.318 e. The molecule has 0 amide bonds. The molecule has 0 atom stereocenters. The molecular formula is C13H17FN4O. The third kappa shape index (κ3) is 3.75. The van der Waals surface area contributed by atoms with E-state index < -0.39 is 0 Å². The summed E-state index contributed by atoms with van der Waals surface area (Å²) >= 11 is 0. The van der Waals surface area contributed by atoms with Crippen LogP contribution in [-0.2, 0) is 13.1 Å². The summed E-state index contributed by atoms with van der Waals surface area (Å²) in [5, 5.41) is 11.0. The second-order valence-electron chi connectivity index (χ2n) is 4.24. The SMILES string of the molecule is CCNCc1nnc(N(C)Cc2ccc(F)cc2)o1. The summed E-state index contributed by atoms with van der Waals surface area (Å²) in [5.41, 5.74) is 0.982. The van der Waals surface area contributed by atoms with Gasteiger partial charge in [0.05, 0.1) is 6.54 Å². The van der Waals surface area contributed by atoms with Crippen molar-refractivity contribution in [2.75, 3.05) is 18.5 Å². The fourth-order valence-corrected chi connectivity index (χ4v) is 1.63. The zero-order valence-electron chi connectivity index (χ0n) is 11.1. The van der Waals surface area contributed by atoms with E-state index in [1.807, 2.05) is 18.9 Å². The van der Waals surface area contributed by atoms with E-state index in [4.69, 9.17) is 4.42 Å². The summed E-state index contributed by atoms with van der Waals surface area (Å²) in [6.07, 6.45) is 0. The van der Waals surface area contributed by atoms with Gasteiger partial charge in [-0.3, -0.25) is 0 Å². The van der Waals surface area contributed by atoms with E-state index in [9.17, 15) is 4.39 Å². The molecule has 0 fully saturated rings.